The molecule has 0 radical (unpaired) electrons. The van der Waals surface area contributed by atoms with Gasteiger partial charge >= 0.3 is 0 Å². The van der Waals surface area contributed by atoms with Crippen LogP contribution in [-0.2, 0) is 5.75 Å². The molecule has 0 saturated heterocycles. The fraction of sp³-hybridized carbons (Fsp3) is 0.360. The van der Waals surface area contributed by atoms with Gasteiger partial charge in [-0.3, -0.25) is 9.36 Å². The molecule has 0 spiro atoms. The van der Waals surface area contributed by atoms with Crippen LogP contribution in [0.1, 0.15) is 49.5 Å². The number of benzene rings is 2. The fourth-order valence-corrected chi connectivity index (χ4v) is 5.41. The first-order chi connectivity index (χ1) is 16.1. The first-order valence-electron chi connectivity index (χ1n) is 11.3. The van der Waals surface area contributed by atoms with Gasteiger partial charge in [-0.15, -0.1) is 10.2 Å². The summed E-state index contributed by atoms with van der Waals surface area (Å²) in [6.07, 6.45) is 5.96. The number of H-pyrrole nitrogens is 1. The van der Waals surface area contributed by atoms with E-state index >= 15 is 0 Å². The van der Waals surface area contributed by atoms with Crippen molar-refractivity contribution in [2.24, 2.45) is 0 Å². The average molecular weight is 462 g/mol. The lowest BCUT2D eigenvalue weighted by atomic mass is 9.95. The Kier molecular flexibility index (Phi) is 6.17. The lowest BCUT2D eigenvalue weighted by Crippen LogP contribution is -2.15. The van der Waals surface area contributed by atoms with E-state index in [9.17, 15) is 4.79 Å². The fourth-order valence-electron chi connectivity index (χ4n) is 4.53. The van der Waals surface area contributed by atoms with Gasteiger partial charge in [-0.1, -0.05) is 43.2 Å². The van der Waals surface area contributed by atoms with E-state index in [0.29, 0.717) is 23.0 Å². The third-order valence-corrected chi connectivity index (χ3v) is 7.23. The quantitative estimate of drug-likeness (QED) is 0.392. The summed E-state index contributed by atoms with van der Waals surface area (Å²) in [5.74, 6) is 2.87. The predicted molar refractivity (Wildman–Crippen MR) is 131 cm³/mol. The van der Waals surface area contributed by atoms with E-state index in [4.69, 9.17) is 9.72 Å². The lowest BCUT2D eigenvalue weighted by molar-refractivity contribution is 0.339. The molecule has 2 heterocycles. The number of aromatic nitrogens is 5. The third kappa shape index (κ3) is 4.39. The van der Waals surface area contributed by atoms with Crippen LogP contribution in [0.5, 0.6) is 5.75 Å². The lowest BCUT2D eigenvalue weighted by Gasteiger charge is -2.25. The predicted octanol–water partition coefficient (Wildman–Crippen LogP) is 5.30. The van der Waals surface area contributed by atoms with Crippen LogP contribution in [0.4, 0.5) is 0 Å². The second-order valence-electron chi connectivity index (χ2n) is 8.47. The number of fused-ring (bicyclic) bond motifs is 1. The smallest absolute Gasteiger partial charge is 0.258 e. The molecule has 2 aromatic heterocycles. The highest BCUT2D eigenvalue weighted by Gasteiger charge is 2.24. The molecular weight excluding hydrogens is 434 g/mol. The average Bonchev–Trinajstić information content (AvgIpc) is 3.28. The Bertz CT molecular complexity index is 1320. The second kappa shape index (κ2) is 9.39. The molecule has 0 aliphatic heterocycles. The van der Waals surface area contributed by atoms with Crippen LogP contribution in [0.2, 0.25) is 0 Å². The van der Waals surface area contributed by atoms with Gasteiger partial charge in [0.25, 0.3) is 5.56 Å². The number of ether oxygens (including phenoxy) is 1. The second-order valence-corrected chi connectivity index (χ2v) is 9.41. The van der Waals surface area contributed by atoms with Crippen LogP contribution in [-0.4, -0.2) is 31.8 Å². The number of hydrogen-bond acceptors (Lipinski definition) is 6. The van der Waals surface area contributed by atoms with E-state index in [0.717, 1.165) is 46.2 Å². The summed E-state index contributed by atoms with van der Waals surface area (Å²) in [6, 6.07) is 14.0. The normalized spacial score (nSPS) is 14.6. The minimum Gasteiger partial charge on any atom is -0.497 e. The number of thioether (sulfide) groups is 1. The molecular formula is C25H27N5O2S. The van der Waals surface area contributed by atoms with Crippen LogP contribution >= 0.6 is 11.8 Å². The summed E-state index contributed by atoms with van der Waals surface area (Å²) >= 11 is 1.57. The van der Waals surface area contributed by atoms with Crippen molar-refractivity contribution in [3.63, 3.8) is 0 Å². The Morgan fingerprint density at radius 3 is 2.64 bits per heavy atom. The summed E-state index contributed by atoms with van der Waals surface area (Å²) in [5.41, 5.74) is 2.67. The van der Waals surface area contributed by atoms with Gasteiger partial charge in [-0.05, 0) is 55.7 Å². The summed E-state index contributed by atoms with van der Waals surface area (Å²) in [5, 5.41) is 10.6. The molecule has 1 aliphatic carbocycles. The van der Waals surface area contributed by atoms with Crippen molar-refractivity contribution in [3.8, 4) is 17.1 Å². The van der Waals surface area contributed by atoms with E-state index in [1.807, 2.05) is 49.4 Å². The number of hydrogen-bond donors (Lipinski definition) is 1. The Hall–Kier alpha value is -3.13. The summed E-state index contributed by atoms with van der Waals surface area (Å²) in [7, 11) is 1.67. The van der Waals surface area contributed by atoms with Gasteiger partial charge in [-0.25, -0.2) is 4.98 Å². The number of para-hydroxylation sites is 1. The van der Waals surface area contributed by atoms with Gasteiger partial charge in [0.15, 0.2) is 11.0 Å². The molecule has 0 bridgehead atoms. The first kappa shape index (κ1) is 21.7. The van der Waals surface area contributed by atoms with Crippen LogP contribution in [0.3, 0.4) is 0 Å². The molecule has 0 amide bonds. The zero-order valence-electron chi connectivity index (χ0n) is 18.9. The maximum atomic E-state index is 12.6. The minimum atomic E-state index is -0.105. The number of aryl methyl sites for hydroxylation is 1. The highest BCUT2D eigenvalue weighted by molar-refractivity contribution is 7.98. The summed E-state index contributed by atoms with van der Waals surface area (Å²) in [6.45, 7) is 1.98. The molecule has 4 aromatic rings. The number of nitrogens with zero attached hydrogens (tertiary/aromatic N) is 4. The van der Waals surface area contributed by atoms with E-state index in [-0.39, 0.29) is 5.56 Å². The molecule has 1 N–H and O–H groups in total. The maximum Gasteiger partial charge on any atom is 0.258 e. The largest absolute Gasteiger partial charge is 0.497 e. The van der Waals surface area contributed by atoms with E-state index in [1.165, 1.54) is 19.3 Å². The standard InChI is InChI=1S/C25H27N5O2S/c1-16-7-6-10-20-22(16)26-21(27-24(20)31)15-33-25-29-28-23(17-11-13-19(32-2)14-12-17)30(25)18-8-4-3-5-9-18/h6-7,10-14,18H,3-5,8-9,15H2,1-2H3,(H,26,27,31). The third-order valence-electron chi connectivity index (χ3n) is 6.28. The Balaban J connectivity index is 1.47. The van der Waals surface area contributed by atoms with Crippen LogP contribution in [0.25, 0.3) is 22.3 Å². The molecule has 2 aromatic carbocycles. The summed E-state index contributed by atoms with van der Waals surface area (Å²) in [4.78, 5) is 20.2. The molecule has 5 rings (SSSR count). The van der Waals surface area contributed by atoms with Crippen molar-refractivity contribution in [2.45, 2.75) is 56.0 Å². The van der Waals surface area contributed by atoms with Crippen molar-refractivity contribution >= 4 is 22.7 Å². The number of methoxy groups -OCH3 is 1. The minimum absolute atomic E-state index is 0.105. The number of aromatic amines is 1. The monoisotopic (exact) mass is 461 g/mol. The zero-order valence-corrected chi connectivity index (χ0v) is 19.7. The molecule has 0 unspecified atom stereocenters. The first-order valence-corrected chi connectivity index (χ1v) is 12.3. The van der Waals surface area contributed by atoms with Crippen LogP contribution in [0, 0.1) is 6.92 Å². The number of rotatable bonds is 6. The molecule has 33 heavy (non-hydrogen) atoms. The SMILES string of the molecule is COc1ccc(-c2nnc(SCc3nc4c(C)cccc4c(=O)[nH]3)n2C2CCCCC2)cc1. The Morgan fingerprint density at radius 1 is 1.09 bits per heavy atom. The molecule has 1 fully saturated rings. The van der Waals surface area contributed by atoms with Gasteiger partial charge in [-0.2, -0.15) is 0 Å². The van der Waals surface area contributed by atoms with Crippen molar-refractivity contribution in [3.05, 3.63) is 64.2 Å². The van der Waals surface area contributed by atoms with E-state index in [2.05, 4.69) is 19.7 Å². The highest BCUT2D eigenvalue weighted by Crippen LogP contribution is 2.36. The van der Waals surface area contributed by atoms with Gasteiger partial charge in [0.05, 0.1) is 23.8 Å². The molecule has 170 valence electrons. The van der Waals surface area contributed by atoms with E-state index < -0.39 is 0 Å². The topological polar surface area (TPSA) is 85.7 Å². The zero-order chi connectivity index (χ0) is 22.8. The van der Waals surface area contributed by atoms with Crippen molar-refractivity contribution in [2.75, 3.05) is 7.11 Å². The number of nitrogens with one attached hydrogen (secondary N) is 1. The molecule has 8 heteroatoms. The Morgan fingerprint density at radius 2 is 1.88 bits per heavy atom. The van der Waals surface area contributed by atoms with Gasteiger partial charge in [0, 0.05) is 11.6 Å². The van der Waals surface area contributed by atoms with Crippen molar-refractivity contribution in [1.82, 2.24) is 24.7 Å². The molecule has 1 aliphatic rings. The van der Waals surface area contributed by atoms with Gasteiger partial charge < -0.3 is 9.72 Å². The van der Waals surface area contributed by atoms with E-state index in [1.54, 1.807) is 18.9 Å². The Labute approximate surface area is 196 Å². The maximum absolute atomic E-state index is 12.6. The highest BCUT2D eigenvalue weighted by atomic mass is 32.2. The van der Waals surface area contributed by atoms with Crippen LogP contribution in [0.15, 0.2) is 52.4 Å². The van der Waals surface area contributed by atoms with Crippen molar-refractivity contribution in [1.29, 1.82) is 0 Å². The molecule has 1 saturated carbocycles. The van der Waals surface area contributed by atoms with Gasteiger partial charge in [0.1, 0.15) is 11.6 Å². The van der Waals surface area contributed by atoms with Gasteiger partial charge in [0.2, 0.25) is 0 Å². The van der Waals surface area contributed by atoms with Crippen LogP contribution < -0.4 is 10.3 Å². The summed E-state index contributed by atoms with van der Waals surface area (Å²) < 4.78 is 7.60. The van der Waals surface area contributed by atoms with Crippen molar-refractivity contribution < 1.29 is 4.74 Å². The molecule has 0 atom stereocenters. The molecule has 7 nitrogen and oxygen atoms in total.